The number of nitrogens with zero attached hydrogens (tertiary/aromatic N) is 1. The number of amides is 2. The number of unbranched alkanes of at least 4 members (excludes halogenated alkanes) is 1. The Morgan fingerprint density at radius 1 is 0.711 bits per heavy atom. The van der Waals surface area contributed by atoms with Gasteiger partial charge in [-0.05, 0) is 72.7 Å². The van der Waals surface area contributed by atoms with Gasteiger partial charge in [-0.15, -0.1) is 0 Å². The molecule has 2 amide bonds. The molecule has 1 aliphatic heterocycles. The number of carbonyl (C=O) groups excluding carboxylic acids is 2. The van der Waals surface area contributed by atoms with Crippen molar-refractivity contribution < 1.29 is 9.59 Å². The first-order valence-corrected chi connectivity index (χ1v) is 13.2. The predicted octanol–water partition coefficient (Wildman–Crippen LogP) is 5.90. The predicted molar refractivity (Wildman–Crippen MR) is 153 cm³/mol. The van der Waals surface area contributed by atoms with Gasteiger partial charge in [0, 0.05) is 5.69 Å². The lowest BCUT2D eigenvalue weighted by Crippen LogP contribution is -2.68. The first kappa shape index (κ1) is 25.4. The molecule has 0 saturated carbocycles. The minimum absolute atomic E-state index is 0.144. The van der Waals surface area contributed by atoms with Gasteiger partial charge in [-0.3, -0.25) is 14.5 Å². The lowest BCUT2D eigenvalue weighted by Gasteiger charge is -2.44. The molecule has 4 aromatic carbocycles. The van der Waals surface area contributed by atoms with Gasteiger partial charge in [-0.25, -0.2) is 0 Å². The van der Waals surface area contributed by atoms with Crippen LogP contribution in [-0.4, -0.2) is 24.4 Å². The maximum atomic E-state index is 14.2. The third kappa shape index (κ3) is 4.98. The summed E-state index contributed by atoms with van der Waals surface area (Å²) in [5.41, 5.74) is 10.3. The molecule has 5 heteroatoms. The summed E-state index contributed by atoms with van der Waals surface area (Å²) in [6.07, 6.45) is 2.12. The zero-order chi connectivity index (χ0) is 26.5. The van der Waals surface area contributed by atoms with Crippen LogP contribution in [0, 0.1) is 0 Å². The molecule has 3 N–H and O–H groups in total. The zero-order valence-corrected chi connectivity index (χ0v) is 21.6. The smallest absolute Gasteiger partial charge is 0.257 e. The van der Waals surface area contributed by atoms with Gasteiger partial charge >= 0.3 is 0 Å². The summed E-state index contributed by atoms with van der Waals surface area (Å²) in [4.78, 5) is 29.5. The lowest BCUT2D eigenvalue weighted by molar-refractivity contribution is -0.138. The molecule has 0 spiro atoms. The van der Waals surface area contributed by atoms with Crippen molar-refractivity contribution in [3.8, 4) is 22.3 Å². The van der Waals surface area contributed by atoms with Crippen molar-refractivity contribution in [1.29, 1.82) is 0 Å². The van der Waals surface area contributed by atoms with Crippen molar-refractivity contribution >= 4 is 17.5 Å². The van der Waals surface area contributed by atoms with Crippen molar-refractivity contribution in [2.24, 2.45) is 5.73 Å². The van der Waals surface area contributed by atoms with Crippen molar-refractivity contribution in [2.45, 2.75) is 37.8 Å². The number of benzene rings is 4. The maximum Gasteiger partial charge on any atom is 0.257 e. The highest BCUT2D eigenvalue weighted by atomic mass is 16.2. The lowest BCUT2D eigenvalue weighted by atomic mass is 9.85. The van der Waals surface area contributed by atoms with Crippen LogP contribution in [-0.2, 0) is 15.1 Å². The molecular weight excluding hydrogens is 470 g/mol. The molecule has 0 aromatic heterocycles. The van der Waals surface area contributed by atoms with Crippen LogP contribution in [0.4, 0.5) is 5.69 Å². The number of carbonyl (C=O) groups is 2. The second kappa shape index (κ2) is 11.0. The molecule has 5 rings (SSSR count). The second-order valence-electron chi connectivity index (χ2n) is 9.95. The van der Waals surface area contributed by atoms with Crippen LogP contribution in [0.25, 0.3) is 22.3 Å². The number of nitrogens with two attached hydrogens (primary N) is 1. The van der Waals surface area contributed by atoms with Crippen molar-refractivity contribution in [3.63, 3.8) is 0 Å². The number of rotatable bonds is 8. The van der Waals surface area contributed by atoms with E-state index < -0.39 is 11.6 Å². The topological polar surface area (TPSA) is 75.4 Å². The molecule has 4 aromatic rings. The molecule has 2 atom stereocenters. The fourth-order valence-corrected chi connectivity index (χ4v) is 5.19. The van der Waals surface area contributed by atoms with Crippen LogP contribution in [0.2, 0.25) is 0 Å². The van der Waals surface area contributed by atoms with Crippen LogP contribution < -0.4 is 16.0 Å². The molecule has 1 heterocycles. The third-order valence-corrected chi connectivity index (χ3v) is 7.39. The molecule has 5 nitrogen and oxygen atoms in total. The SMILES string of the molecule is CC1(c2ccc(-c3ccccc3)cc2)NC(=O)C(CCCCN)N(c2ccc(-c3ccccc3)cc2)C1=O. The van der Waals surface area contributed by atoms with Crippen LogP contribution in [0.15, 0.2) is 109 Å². The standard InChI is InChI=1S/C33H33N3O2/c1-33(28-19-15-26(16-20-28)24-10-4-2-5-11-24)32(38)36(30(31(37)35-33)14-8-9-23-34)29-21-17-27(18-22-29)25-12-6-3-7-13-25/h2-7,10-13,15-22,30H,8-9,14,23,34H2,1H3,(H,35,37). The summed E-state index contributed by atoms with van der Waals surface area (Å²) >= 11 is 0. The first-order chi connectivity index (χ1) is 18.5. The number of hydrogen-bond donors (Lipinski definition) is 2. The van der Waals surface area contributed by atoms with E-state index in [0.29, 0.717) is 13.0 Å². The van der Waals surface area contributed by atoms with E-state index in [1.807, 2.05) is 84.9 Å². The Labute approximate surface area is 224 Å². The van der Waals surface area contributed by atoms with Crippen LogP contribution >= 0.6 is 0 Å². The fraction of sp³-hybridized carbons (Fsp3) is 0.212. The summed E-state index contributed by atoms with van der Waals surface area (Å²) in [5, 5.41) is 3.07. The summed E-state index contributed by atoms with van der Waals surface area (Å²) in [5.74, 6) is -0.293. The van der Waals surface area contributed by atoms with Crippen molar-refractivity contribution in [2.75, 3.05) is 11.4 Å². The fourth-order valence-electron chi connectivity index (χ4n) is 5.19. The Hall–Kier alpha value is -4.22. The van der Waals surface area contributed by atoms with E-state index in [9.17, 15) is 9.59 Å². The second-order valence-corrected chi connectivity index (χ2v) is 9.95. The monoisotopic (exact) mass is 503 g/mol. The normalized spacial score (nSPS) is 19.3. The van der Waals surface area contributed by atoms with Crippen LogP contribution in [0.3, 0.4) is 0 Å². The quantitative estimate of drug-likeness (QED) is 0.294. The van der Waals surface area contributed by atoms with Gasteiger partial charge < -0.3 is 11.1 Å². The summed E-state index contributed by atoms with van der Waals surface area (Å²) in [7, 11) is 0. The molecular formula is C33H33N3O2. The summed E-state index contributed by atoms with van der Waals surface area (Å²) < 4.78 is 0. The largest absolute Gasteiger partial charge is 0.336 e. The molecule has 38 heavy (non-hydrogen) atoms. The van der Waals surface area contributed by atoms with E-state index in [-0.39, 0.29) is 11.8 Å². The summed E-state index contributed by atoms with van der Waals surface area (Å²) in [6.45, 7) is 2.35. The van der Waals surface area contributed by atoms with Gasteiger partial charge in [0.25, 0.3) is 5.91 Å². The highest BCUT2D eigenvalue weighted by Crippen LogP contribution is 2.35. The van der Waals surface area contributed by atoms with E-state index >= 15 is 0 Å². The first-order valence-electron chi connectivity index (χ1n) is 13.2. The molecule has 192 valence electrons. The van der Waals surface area contributed by atoms with Gasteiger partial charge in [0.1, 0.15) is 11.6 Å². The number of nitrogens with one attached hydrogen (secondary N) is 1. The zero-order valence-electron chi connectivity index (χ0n) is 21.6. The Morgan fingerprint density at radius 3 is 1.74 bits per heavy atom. The van der Waals surface area contributed by atoms with Gasteiger partial charge in [0.05, 0.1) is 0 Å². The minimum Gasteiger partial charge on any atom is -0.336 e. The molecule has 1 saturated heterocycles. The van der Waals surface area contributed by atoms with Crippen LogP contribution in [0.1, 0.15) is 31.7 Å². The van der Waals surface area contributed by atoms with Gasteiger partial charge in [0.2, 0.25) is 5.91 Å². The molecule has 2 unspecified atom stereocenters. The average molecular weight is 504 g/mol. The molecule has 1 aliphatic rings. The minimum atomic E-state index is -1.19. The molecule has 0 bridgehead atoms. The highest BCUT2D eigenvalue weighted by Gasteiger charge is 2.49. The van der Waals surface area contributed by atoms with E-state index in [1.54, 1.807) is 11.8 Å². The number of piperazine rings is 1. The van der Waals surface area contributed by atoms with Crippen LogP contribution in [0.5, 0.6) is 0 Å². The van der Waals surface area contributed by atoms with E-state index in [4.69, 9.17) is 5.73 Å². The number of anilines is 1. The van der Waals surface area contributed by atoms with Crippen molar-refractivity contribution in [1.82, 2.24) is 5.32 Å². The van der Waals surface area contributed by atoms with Crippen molar-refractivity contribution in [3.05, 3.63) is 115 Å². The maximum absolute atomic E-state index is 14.2. The van der Waals surface area contributed by atoms with Gasteiger partial charge in [-0.1, -0.05) is 97.1 Å². The Balaban J connectivity index is 1.49. The summed E-state index contributed by atoms with van der Waals surface area (Å²) in [6, 6.07) is 35.4. The Kier molecular flexibility index (Phi) is 7.38. The van der Waals surface area contributed by atoms with E-state index in [1.165, 1.54) is 0 Å². The molecule has 0 radical (unpaired) electrons. The average Bonchev–Trinajstić information content (AvgIpc) is 2.97. The van der Waals surface area contributed by atoms with E-state index in [2.05, 4.69) is 29.6 Å². The Bertz CT molecular complexity index is 1390. The van der Waals surface area contributed by atoms with Gasteiger partial charge in [-0.2, -0.15) is 0 Å². The number of hydrogen-bond acceptors (Lipinski definition) is 3. The highest BCUT2D eigenvalue weighted by molar-refractivity contribution is 6.11. The third-order valence-electron chi connectivity index (χ3n) is 7.39. The Morgan fingerprint density at radius 2 is 1.21 bits per heavy atom. The molecule has 1 fully saturated rings. The molecule has 0 aliphatic carbocycles. The van der Waals surface area contributed by atoms with E-state index in [0.717, 1.165) is 46.3 Å². The van der Waals surface area contributed by atoms with Gasteiger partial charge in [0.15, 0.2) is 0 Å².